The first-order chi connectivity index (χ1) is 21.0. The Morgan fingerprint density at radius 2 is 1.73 bits per heavy atom. The summed E-state index contributed by atoms with van der Waals surface area (Å²) in [5.41, 5.74) is 2.33. The maximum Gasteiger partial charge on any atom is 0.344 e. The highest BCUT2D eigenvalue weighted by molar-refractivity contribution is 9.10. The number of carboxylic acid groups (broad SMARTS) is 2. The van der Waals surface area contributed by atoms with Crippen molar-refractivity contribution in [2.45, 2.75) is 19.6 Å². The molecule has 0 saturated heterocycles. The Kier molecular flexibility index (Phi) is 9.70. The molecule has 0 amide bonds. The fourth-order valence-corrected chi connectivity index (χ4v) is 5.68. The molecule has 2 N–H and O–H groups in total. The Bertz CT molecular complexity index is 1940. The molecule has 1 heterocycles. The van der Waals surface area contributed by atoms with E-state index in [-0.39, 0.29) is 5.56 Å². The van der Waals surface area contributed by atoms with Gasteiger partial charge in [-0.05, 0) is 89.1 Å². The molecule has 0 aliphatic carbocycles. The van der Waals surface area contributed by atoms with E-state index in [1.807, 2.05) is 30.3 Å². The van der Waals surface area contributed by atoms with Gasteiger partial charge in [0.2, 0.25) is 4.80 Å². The molecular formula is C31H22BrCl2N3O6S. The number of hydrogen-bond acceptors (Lipinski definition) is 7. The van der Waals surface area contributed by atoms with Crippen molar-refractivity contribution in [2.24, 2.45) is 4.99 Å². The summed E-state index contributed by atoms with van der Waals surface area (Å²) in [6, 6.07) is 24.0. The fourth-order valence-electron chi connectivity index (χ4n) is 3.95. The van der Waals surface area contributed by atoms with Gasteiger partial charge in [-0.1, -0.05) is 58.8 Å². The molecule has 44 heavy (non-hydrogen) atoms. The molecule has 9 nitrogen and oxygen atoms in total. The van der Waals surface area contributed by atoms with E-state index in [4.69, 9.17) is 42.8 Å². The van der Waals surface area contributed by atoms with Crippen molar-refractivity contribution >= 4 is 68.1 Å². The molecule has 0 radical (unpaired) electrons. The van der Waals surface area contributed by atoms with Crippen LogP contribution in [0.25, 0.3) is 10.6 Å². The minimum atomic E-state index is -1.07. The van der Waals surface area contributed by atoms with Crippen LogP contribution in [0.15, 0.2) is 94.4 Å². The van der Waals surface area contributed by atoms with Gasteiger partial charge in [-0.3, -0.25) is 0 Å². The summed E-state index contributed by atoms with van der Waals surface area (Å²) in [5.74, 6) is -0.812. The second-order valence-corrected chi connectivity index (χ2v) is 12.0. The highest BCUT2D eigenvalue weighted by Gasteiger charge is 2.16. The summed E-state index contributed by atoms with van der Waals surface area (Å²) in [5, 5.41) is 24.8. The van der Waals surface area contributed by atoms with Crippen molar-refractivity contribution in [3.05, 3.63) is 115 Å². The number of aromatic nitrogens is 2. The smallest absolute Gasteiger partial charge is 0.344 e. The number of aliphatic carboxylic acids is 1. The summed E-state index contributed by atoms with van der Waals surface area (Å²) in [6.45, 7) is 1.79. The lowest BCUT2D eigenvalue weighted by atomic mass is 10.2. The lowest BCUT2D eigenvalue weighted by molar-refractivity contribution is -0.144. The van der Waals surface area contributed by atoms with Gasteiger partial charge in [-0.25, -0.2) is 19.3 Å². The van der Waals surface area contributed by atoms with Crippen molar-refractivity contribution in [2.75, 3.05) is 0 Å². The normalized spacial score (nSPS) is 12.1. The average molecular weight is 715 g/mol. The zero-order valence-electron chi connectivity index (χ0n) is 22.8. The van der Waals surface area contributed by atoms with Crippen LogP contribution < -0.4 is 14.3 Å². The Labute approximate surface area is 273 Å². The standard InChI is InChI=1S/C31H22BrCl2N3O6S/c1-17(29(38)39)42-27-11-8-18(12-24(27)32)16-37-31(35-21-9-10-25(33)26(34)15-21)44-28(36-37)19-4-2-6-22(13-19)43-23-7-3-5-20(14-23)30(40)41/h2-15,17H,16H2,1H3,(H,38,39)(H,40,41)/b35-31+. The molecule has 1 atom stereocenters. The highest BCUT2D eigenvalue weighted by Crippen LogP contribution is 2.31. The number of nitrogens with zero attached hydrogens (tertiary/aromatic N) is 3. The topological polar surface area (TPSA) is 123 Å². The van der Waals surface area contributed by atoms with Gasteiger partial charge in [-0.2, -0.15) is 5.10 Å². The lowest BCUT2D eigenvalue weighted by Gasteiger charge is -2.13. The third-order valence-corrected chi connectivity index (χ3v) is 8.48. The average Bonchev–Trinajstić information content (AvgIpc) is 3.38. The maximum absolute atomic E-state index is 11.4. The number of carboxylic acids is 2. The molecule has 0 fully saturated rings. The van der Waals surface area contributed by atoms with E-state index in [0.29, 0.717) is 53.8 Å². The van der Waals surface area contributed by atoms with Gasteiger partial charge in [-0.15, -0.1) is 0 Å². The first-order valence-electron chi connectivity index (χ1n) is 12.9. The van der Waals surface area contributed by atoms with Crippen LogP contribution in [-0.2, 0) is 11.3 Å². The molecule has 0 bridgehead atoms. The number of hydrogen-bond donors (Lipinski definition) is 2. The summed E-state index contributed by atoms with van der Waals surface area (Å²) in [6.07, 6.45) is -1.01. The number of ether oxygens (including phenoxy) is 2. The van der Waals surface area contributed by atoms with Gasteiger partial charge in [0.1, 0.15) is 22.3 Å². The molecule has 1 aromatic heterocycles. The number of carbonyl (C=O) groups is 2. The minimum Gasteiger partial charge on any atom is -0.479 e. The van der Waals surface area contributed by atoms with Crippen molar-refractivity contribution in [1.29, 1.82) is 0 Å². The van der Waals surface area contributed by atoms with Crippen molar-refractivity contribution < 1.29 is 29.3 Å². The van der Waals surface area contributed by atoms with Crippen molar-refractivity contribution in [3.63, 3.8) is 0 Å². The van der Waals surface area contributed by atoms with E-state index in [1.54, 1.807) is 47.1 Å². The quantitative estimate of drug-likeness (QED) is 0.149. The van der Waals surface area contributed by atoms with Gasteiger partial charge in [0.05, 0.1) is 32.3 Å². The third-order valence-electron chi connectivity index (χ3n) is 6.13. The Morgan fingerprint density at radius 3 is 2.43 bits per heavy atom. The van der Waals surface area contributed by atoms with E-state index in [0.717, 1.165) is 11.1 Å². The van der Waals surface area contributed by atoms with Gasteiger partial charge >= 0.3 is 11.9 Å². The number of halogens is 3. The Morgan fingerprint density at radius 1 is 0.977 bits per heavy atom. The van der Waals surface area contributed by atoms with E-state index in [1.165, 1.54) is 30.4 Å². The first kappa shape index (κ1) is 31.3. The Balaban J connectivity index is 1.50. The van der Waals surface area contributed by atoms with Crippen molar-refractivity contribution in [1.82, 2.24) is 9.78 Å². The van der Waals surface area contributed by atoms with E-state index < -0.39 is 18.0 Å². The molecule has 13 heteroatoms. The van der Waals surface area contributed by atoms with Crippen LogP contribution in [0, 0.1) is 0 Å². The highest BCUT2D eigenvalue weighted by atomic mass is 79.9. The van der Waals surface area contributed by atoms with Gasteiger partial charge in [0.25, 0.3) is 0 Å². The number of benzene rings is 4. The molecule has 224 valence electrons. The molecule has 5 rings (SSSR count). The summed E-state index contributed by atoms with van der Waals surface area (Å²) < 4.78 is 13.8. The number of aromatic carboxylic acids is 1. The molecule has 4 aromatic carbocycles. The maximum atomic E-state index is 11.4. The molecule has 0 aliphatic heterocycles. The van der Waals surface area contributed by atoms with Gasteiger partial charge < -0.3 is 19.7 Å². The van der Waals surface area contributed by atoms with Crippen LogP contribution in [0.4, 0.5) is 5.69 Å². The lowest BCUT2D eigenvalue weighted by Crippen LogP contribution is -2.23. The molecular weight excluding hydrogens is 693 g/mol. The van der Waals surface area contributed by atoms with E-state index in [9.17, 15) is 19.8 Å². The largest absolute Gasteiger partial charge is 0.479 e. The zero-order valence-corrected chi connectivity index (χ0v) is 26.7. The minimum absolute atomic E-state index is 0.121. The SMILES string of the molecule is CC(Oc1ccc(Cn2nc(-c3cccc(Oc4cccc(C(=O)O)c4)c3)s/c2=N/c2ccc(Cl)c(Cl)c2)cc1Br)C(=O)O. The number of rotatable bonds is 10. The van der Waals surface area contributed by atoms with Crippen LogP contribution in [0.3, 0.4) is 0 Å². The summed E-state index contributed by atoms with van der Waals surface area (Å²) in [4.78, 5) is 27.9. The predicted octanol–water partition coefficient (Wildman–Crippen LogP) is 8.30. The predicted molar refractivity (Wildman–Crippen MR) is 172 cm³/mol. The van der Waals surface area contributed by atoms with Crippen LogP contribution in [-0.4, -0.2) is 38.0 Å². The molecule has 0 spiro atoms. The molecule has 0 saturated carbocycles. The van der Waals surface area contributed by atoms with Gasteiger partial charge in [0, 0.05) is 5.56 Å². The zero-order chi connectivity index (χ0) is 31.4. The summed E-state index contributed by atoms with van der Waals surface area (Å²) in [7, 11) is 0. The van der Waals surface area contributed by atoms with Gasteiger partial charge in [0.15, 0.2) is 6.10 Å². The second kappa shape index (κ2) is 13.6. The monoisotopic (exact) mass is 713 g/mol. The molecule has 5 aromatic rings. The first-order valence-corrected chi connectivity index (χ1v) is 15.3. The van der Waals surface area contributed by atoms with Crippen molar-refractivity contribution in [3.8, 4) is 27.8 Å². The third kappa shape index (κ3) is 7.67. The van der Waals surface area contributed by atoms with Crippen LogP contribution in [0.2, 0.25) is 10.0 Å². The van der Waals surface area contributed by atoms with Crippen LogP contribution in [0.5, 0.6) is 17.2 Å². The van der Waals surface area contributed by atoms with E-state index in [2.05, 4.69) is 15.9 Å². The molecule has 1 unspecified atom stereocenters. The summed E-state index contributed by atoms with van der Waals surface area (Å²) >= 11 is 17.2. The van der Waals surface area contributed by atoms with Crippen LogP contribution >= 0.6 is 50.5 Å². The second-order valence-electron chi connectivity index (χ2n) is 9.38. The fraction of sp³-hybridized carbons (Fsp3) is 0.0968. The Hall–Kier alpha value is -4.16. The van der Waals surface area contributed by atoms with Crippen LogP contribution in [0.1, 0.15) is 22.8 Å². The molecule has 0 aliphatic rings. The van der Waals surface area contributed by atoms with E-state index >= 15 is 0 Å².